The van der Waals surface area contributed by atoms with Gasteiger partial charge in [-0.3, -0.25) is 0 Å². The van der Waals surface area contributed by atoms with Gasteiger partial charge in [0.25, 0.3) is 0 Å². The molecule has 0 amide bonds. The monoisotopic (exact) mass is 561 g/mol. The average Bonchev–Trinajstić information content (AvgIpc) is 2.63. The van der Waals surface area contributed by atoms with Crippen LogP contribution in [0.2, 0.25) is 0 Å². The molecule has 0 saturated carbocycles. The van der Waals surface area contributed by atoms with E-state index in [0.717, 1.165) is 0 Å². The fraction of sp³-hybridized carbons (Fsp3) is 1.00. The van der Waals surface area contributed by atoms with Gasteiger partial charge < -0.3 is 4.90 Å². The summed E-state index contributed by atoms with van der Waals surface area (Å²) in [7, 11) is 0. The Morgan fingerprint density at radius 2 is 0.577 bits per heavy atom. The summed E-state index contributed by atoms with van der Waals surface area (Å²) in [6.07, 6.45) is 25.7. The van der Waals surface area contributed by atoms with E-state index in [-0.39, 0.29) is 27.3 Å². The third-order valence-electron chi connectivity index (χ3n) is 5.48. The maximum absolute atomic E-state index is 2.79. The van der Waals surface area contributed by atoms with Gasteiger partial charge in [0, 0.05) is 27.3 Å². The van der Waals surface area contributed by atoms with Crippen LogP contribution in [0.4, 0.5) is 0 Å². The molecule has 0 spiro atoms. The molecule has 0 aliphatic carbocycles. The quantitative estimate of drug-likeness (QED) is 0.102. The zero-order chi connectivity index (χ0) is 18.4. The van der Waals surface area contributed by atoms with Crippen molar-refractivity contribution in [2.24, 2.45) is 0 Å². The molecular formula is C24H51NPb. The fourth-order valence-electron chi connectivity index (χ4n) is 3.68. The van der Waals surface area contributed by atoms with Crippen LogP contribution in [-0.4, -0.2) is 51.8 Å². The molecule has 0 aliphatic rings. The maximum Gasteiger partial charge on any atom is 0 e. The third-order valence-corrected chi connectivity index (χ3v) is 5.48. The van der Waals surface area contributed by atoms with Gasteiger partial charge in [-0.05, 0) is 38.9 Å². The van der Waals surface area contributed by atoms with Gasteiger partial charge >= 0.3 is 0 Å². The van der Waals surface area contributed by atoms with Gasteiger partial charge in [0.05, 0.1) is 0 Å². The Kier molecular flexibility index (Phi) is 29.0. The SMILES string of the molecule is CCCCCCCCN(CCCCCCCC)CCCCCCCC.[Pb]. The molecule has 156 valence electrons. The molecule has 0 N–H and O–H groups in total. The largest absolute Gasteiger partial charge is 0.303 e. The molecule has 0 unspecified atom stereocenters. The van der Waals surface area contributed by atoms with Crippen LogP contribution < -0.4 is 0 Å². The van der Waals surface area contributed by atoms with E-state index < -0.39 is 0 Å². The summed E-state index contributed by atoms with van der Waals surface area (Å²) in [5, 5.41) is 0. The molecule has 0 saturated heterocycles. The summed E-state index contributed by atoms with van der Waals surface area (Å²) >= 11 is 0. The topological polar surface area (TPSA) is 3.24 Å². The van der Waals surface area contributed by atoms with E-state index in [9.17, 15) is 0 Å². The van der Waals surface area contributed by atoms with E-state index in [1.54, 1.807) is 0 Å². The number of hydrogen-bond acceptors (Lipinski definition) is 1. The van der Waals surface area contributed by atoms with Crippen molar-refractivity contribution in [1.29, 1.82) is 0 Å². The first-order valence-electron chi connectivity index (χ1n) is 12.1. The maximum atomic E-state index is 2.79. The molecule has 0 aliphatic heterocycles. The van der Waals surface area contributed by atoms with E-state index in [0.29, 0.717) is 0 Å². The van der Waals surface area contributed by atoms with Gasteiger partial charge in [-0.25, -0.2) is 0 Å². The van der Waals surface area contributed by atoms with Crippen molar-refractivity contribution < 1.29 is 0 Å². The molecular weight excluding hydrogens is 509 g/mol. The summed E-state index contributed by atoms with van der Waals surface area (Å²) in [5.41, 5.74) is 0. The third kappa shape index (κ3) is 22.9. The molecule has 1 nitrogen and oxygen atoms in total. The number of rotatable bonds is 21. The second kappa shape index (κ2) is 25.9. The molecule has 0 aromatic rings. The number of unbranched alkanes of at least 4 members (excludes halogenated alkanes) is 15. The summed E-state index contributed by atoms with van der Waals surface area (Å²) < 4.78 is 0. The van der Waals surface area contributed by atoms with E-state index in [1.165, 1.54) is 135 Å². The number of hydrogen-bond donors (Lipinski definition) is 0. The van der Waals surface area contributed by atoms with Crippen LogP contribution in [0, 0.1) is 0 Å². The van der Waals surface area contributed by atoms with Gasteiger partial charge in [-0.15, -0.1) is 0 Å². The van der Waals surface area contributed by atoms with Crippen molar-refractivity contribution in [3.05, 3.63) is 0 Å². The standard InChI is InChI=1S/C24H51N.Pb/c1-4-7-10-13-16-19-22-25(23-20-17-14-11-8-5-2)24-21-18-15-12-9-6-3;/h4-24H2,1-3H3;. The van der Waals surface area contributed by atoms with Crippen molar-refractivity contribution in [2.75, 3.05) is 19.6 Å². The Hall–Kier alpha value is 0.882. The summed E-state index contributed by atoms with van der Waals surface area (Å²) in [6, 6.07) is 0. The Morgan fingerprint density at radius 3 is 0.846 bits per heavy atom. The van der Waals surface area contributed by atoms with Crippen LogP contribution in [0.25, 0.3) is 0 Å². The Labute approximate surface area is 187 Å². The van der Waals surface area contributed by atoms with Crippen molar-refractivity contribution in [2.45, 2.75) is 136 Å². The molecule has 0 rings (SSSR count). The van der Waals surface area contributed by atoms with Crippen LogP contribution in [-0.2, 0) is 0 Å². The predicted molar refractivity (Wildman–Crippen MR) is 122 cm³/mol. The van der Waals surface area contributed by atoms with Crippen LogP contribution in [0.1, 0.15) is 136 Å². The van der Waals surface area contributed by atoms with E-state index >= 15 is 0 Å². The first kappa shape index (κ1) is 29.1. The molecule has 0 fully saturated rings. The van der Waals surface area contributed by atoms with Crippen molar-refractivity contribution in [3.8, 4) is 0 Å². The predicted octanol–water partition coefficient (Wildman–Crippen LogP) is 7.99. The van der Waals surface area contributed by atoms with Crippen LogP contribution in [0.3, 0.4) is 0 Å². The Balaban J connectivity index is 0. The van der Waals surface area contributed by atoms with Gasteiger partial charge in [-0.1, -0.05) is 117 Å². The summed E-state index contributed by atoms with van der Waals surface area (Å²) in [5.74, 6) is 0. The van der Waals surface area contributed by atoms with Crippen molar-refractivity contribution in [1.82, 2.24) is 4.90 Å². The second-order valence-corrected chi connectivity index (χ2v) is 8.14. The van der Waals surface area contributed by atoms with Gasteiger partial charge in [-0.2, -0.15) is 0 Å². The van der Waals surface area contributed by atoms with Crippen LogP contribution in [0.5, 0.6) is 0 Å². The zero-order valence-electron chi connectivity index (χ0n) is 18.8. The van der Waals surface area contributed by atoms with Crippen LogP contribution in [0.15, 0.2) is 0 Å². The van der Waals surface area contributed by atoms with E-state index in [4.69, 9.17) is 0 Å². The Morgan fingerprint density at radius 1 is 0.346 bits per heavy atom. The molecule has 0 bridgehead atoms. The molecule has 0 aromatic heterocycles. The molecule has 26 heavy (non-hydrogen) atoms. The number of nitrogens with zero attached hydrogens (tertiary/aromatic N) is 1. The molecule has 0 heterocycles. The minimum absolute atomic E-state index is 0. The fourth-order valence-corrected chi connectivity index (χ4v) is 3.68. The first-order chi connectivity index (χ1) is 12.3. The van der Waals surface area contributed by atoms with E-state index in [2.05, 4.69) is 25.7 Å². The Bertz CT molecular complexity index is 194. The second-order valence-electron chi connectivity index (χ2n) is 8.14. The van der Waals surface area contributed by atoms with Gasteiger partial charge in [0.1, 0.15) is 0 Å². The molecule has 0 aromatic carbocycles. The van der Waals surface area contributed by atoms with Gasteiger partial charge in [0.2, 0.25) is 0 Å². The molecule has 2 heteroatoms. The minimum atomic E-state index is 0. The van der Waals surface area contributed by atoms with Crippen molar-refractivity contribution in [3.63, 3.8) is 0 Å². The van der Waals surface area contributed by atoms with E-state index in [1.807, 2.05) is 0 Å². The van der Waals surface area contributed by atoms with Crippen molar-refractivity contribution >= 4 is 27.3 Å². The average molecular weight is 561 g/mol. The molecule has 0 atom stereocenters. The van der Waals surface area contributed by atoms with Crippen LogP contribution >= 0.6 is 0 Å². The summed E-state index contributed by atoms with van der Waals surface area (Å²) in [4.78, 5) is 2.79. The summed E-state index contributed by atoms with van der Waals surface area (Å²) in [6.45, 7) is 11.0. The first-order valence-corrected chi connectivity index (χ1v) is 12.1. The van der Waals surface area contributed by atoms with Gasteiger partial charge in [0.15, 0.2) is 0 Å². The normalized spacial score (nSPS) is 11.1. The minimum Gasteiger partial charge on any atom is -0.303 e. The zero-order valence-corrected chi connectivity index (χ0v) is 22.7. The smallest absolute Gasteiger partial charge is 0 e. The molecule has 4 radical (unpaired) electrons.